The Hall–Kier alpha value is -2.33. The Morgan fingerprint density at radius 1 is 1.17 bits per heavy atom. The van der Waals surface area contributed by atoms with E-state index in [0.717, 1.165) is 16.8 Å². The molecule has 0 saturated carbocycles. The van der Waals surface area contributed by atoms with Crippen LogP contribution < -0.4 is 4.90 Å². The third-order valence-electron chi connectivity index (χ3n) is 4.37. The first-order valence-electron chi connectivity index (χ1n) is 7.88. The molecular weight excluding hydrogens is 290 g/mol. The molecule has 1 saturated heterocycles. The summed E-state index contributed by atoms with van der Waals surface area (Å²) in [6.45, 7) is 2.54. The number of anilines is 1. The minimum atomic E-state index is -0.743. The van der Waals surface area contributed by atoms with Gasteiger partial charge in [0.2, 0.25) is 0 Å². The Balaban J connectivity index is 1.87. The summed E-state index contributed by atoms with van der Waals surface area (Å²) < 4.78 is 5.83. The Labute approximate surface area is 136 Å². The largest absolute Gasteiger partial charge is 0.437 e. The van der Waals surface area contributed by atoms with Crippen molar-refractivity contribution >= 4 is 11.8 Å². The second-order valence-electron chi connectivity index (χ2n) is 5.94. The van der Waals surface area contributed by atoms with Crippen LogP contribution in [-0.4, -0.2) is 24.4 Å². The average Bonchev–Trinajstić information content (AvgIpc) is 2.56. The highest BCUT2D eigenvalue weighted by molar-refractivity contribution is 5.88. The van der Waals surface area contributed by atoms with Crippen LogP contribution >= 0.6 is 0 Å². The fraction of sp³-hybridized carbons (Fsp3) is 0.316. The zero-order valence-electron chi connectivity index (χ0n) is 13.2. The molecule has 2 aromatic carbocycles. The molecule has 1 heterocycles. The van der Waals surface area contributed by atoms with Crippen molar-refractivity contribution in [3.8, 4) is 0 Å². The molecule has 0 bridgehead atoms. The number of aliphatic hydroxyl groups is 1. The summed E-state index contributed by atoms with van der Waals surface area (Å²) in [6, 6.07) is 17.5. The van der Waals surface area contributed by atoms with Gasteiger partial charge in [-0.3, -0.25) is 4.90 Å². The topological polar surface area (TPSA) is 49.8 Å². The number of benzene rings is 2. The fourth-order valence-electron chi connectivity index (χ4n) is 3.13. The number of aliphatic hydroxyl groups excluding tert-OH is 1. The number of hydrogen-bond donors (Lipinski definition) is 1. The first kappa shape index (κ1) is 15.6. The van der Waals surface area contributed by atoms with Crippen LogP contribution in [0.4, 0.5) is 10.5 Å². The van der Waals surface area contributed by atoms with Gasteiger partial charge in [-0.15, -0.1) is 0 Å². The average molecular weight is 311 g/mol. The molecule has 3 rings (SSSR count). The lowest BCUT2D eigenvalue weighted by molar-refractivity contribution is -0.0257. The van der Waals surface area contributed by atoms with E-state index in [0.29, 0.717) is 19.4 Å². The number of cyclic esters (lactones) is 1. The number of rotatable bonds is 4. The van der Waals surface area contributed by atoms with Crippen LogP contribution in [0, 0.1) is 6.92 Å². The van der Waals surface area contributed by atoms with Gasteiger partial charge in [0.15, 0.2) is 0 Å². The van der Waals surface area contributed by atoms with Crippen LogP contribution in [-0.2, 0) is 10.3 Å². The molecule has 2 aromatic rings. The molecule has 1 fully saturated rings. The molecule has 0 spiro atoms. The Bertz CT molecular complexity index is 686. The quantitative estimate of drug-likeness (QED) is 0.938. The molecule has 0 aliphatic carbocycles. The Kier molecular flexibility index (Phi) is 4.35. The zero-order valence-corrected chi connectivity index (χ0v) is 13.2. The first-order valence-corrected chi connectivity index (χ1v) is 7.88. The molecule has 1 aliphatic rings. The van der Waals surface area contributed by atoms with E-state index < -0.39 is 5.60 Å². The van der Waals surface area contributed by atoms with Crippen LogP contribution in [0.3, 0.4) is 0 Å². The second kappa shape index (κ2) is 6.42. The van der Waals surface area contributed by atoms with Gasteiger partial charge >= 0.3 is 6.09 Å². The molecular formula is C19H21NO3. The monoisotopic (exact) mass is 311 g/mol. The number of nitrogens with zero attached hydrogens (tertiary/aromatic N) is 1. The molecule has 4 heteroatoms. The molecule has 0 radical (unpaired) electrons. The highest BCUT2D eigenvalue weighted by atomic mass is 16.6. The maximum Gasteiger partial charge on any atom is 0.415 e. The normalized spacial score (nSPS) is 21.1. The van der Waals surface area contributed by atoms with E-state index in [1.54, 1.807) is 4.90 Å². The van der Waals surface area contributed by atoms with Gasteiger partial charge in [0, 0.05) is 31.7 Å². The summed E-state index contributed by atoms with van der Waals surface area (Å²) in [7, 11) is 0. The Morgan fingerprint density at radius 2 is 1.96 bits per heavy atom. The fourth-order valence-corrected chi connectivity index (χ4v) is 3.13. The van der Waals surface area contributed by atoms with Gasteiger partial charge in [0.1, 0.15) is 5.60 Å². The zero-order chi connectivity index (χ0) is 16.3. The van der Waals surface area contributed by atoms with E-state index in [-0.39, 0.29) is 12.7 Å². The minimum Gasteiger partial charge on any atom is -0.437 e. The maximum absolute atomic E-state index is 12.6. The van der Waals surface area contributed by atoms with Gasteiger partial charge < -0.3 is 9.84 Å². The predicted molar refractivity (Wildman–Crippen MR) is 89.4 cm³/mol. The van der Waals surface area contributed by atoms with Crippen LogP contribution in [0.2, 0.25) is 0 Å². The third-order valence-corrected chi connectivity index (χ3v) is 4.37. The van der Waals surface area contributed by atoms with E-state index in [2.05, 4.69) is 0 Å². The van der Waals surface area contributed by atoms with Gasteiger partial charge in [-0.25, -0.2) is 4.79 Å². The maximum atomic E-state index is 12.6. The third kappa shape index (κ3) is 3.08. The smallest absolute Gasteiger partial charge is 0.415 e. The van der Waals surface area contributed by atoms with Crippen molar-refractivity contribution in [2.24, 2.45) is 0 Å². The lowest BCUT2D eigenvalue weighted by atomic mass is 9.86. The molecule has 1 aliphatic heterocycles. The molecule has 0 aromatic heterocycles. The summed E-state index contributed by atoms with van der Waals surface area (Å²) >= 11 is 0. The number of ether oxygens (including phenoxy) is 1. The number of carbonyl (C=O) groups is 1. The molecule has 23 heavy (non-hydrogen) atoms. The van der Waals surface area contributed by atoms with E-state index >= 15 is 0 Å². The van der Waals surface area contributed by atoms with Crippen LogP contribution in [0.5, 0.6) is 0 Å². The van der Waals surface area contributed by atoms with E-state index in [4.69, 9.17) is 4.74 Å². The Morgan fingerprint density at radius 3 is 2.61 bits per heavy atom. The first-order chi connectivity index (χ1) is 11.1. The molecule has 1 unspecified atom stereocenters. The standard InChI is InChI=1S/C19H21NO3/c1-15-6-5-9-17(14-15)20-12-10-19(11-13-21,23-18(20)22)16-7-3-2-4-8-16/h2-9,14,21H,10-13H2,1H3. The van der Waals surface area contributed by atoms with E-state index in [1.165, 1.54) is 0 Å². The van der Waals surface area contributed by atoms with Crippen molar-refractivity contribution in [2.45, 2.75) is 25.4 Å². The van der Waals surface area contributed by atoms with Gasteiger partial charge in [-0.2, -0.15) is 0 Å². The summed E-state index contributed by atoms with van der Waals surface area (Å²) in [5.41, 5.74) is 2.14. The van der Waals surface area contributed by atoms with Crippen molar-refractivity contribution in [1.82, 2.24) is 0 Å². The van der Waals surface area contributed by atoms with E-state index in [9.17, 15) is 9.90 Å². The number of hydrogen-bond acceptors (Lipinski definition) is 3. The number of carbonyl (C=O) groups excluding carboxylic acids is 1. The van der Waals surface area contributed by atoms with Crippen molar-refractivity contribution < 1.29 is 14.6 Å². The molecule has 1 amide bonds. The highest BCUT2D eigenvalue weighted by Crippen LogP contribution is 2.38. The minimum absolute atomic E-state index is 0.0212. The van der Waals surface area contributed by atoms with Crippen molar-refractivity contribution in [2.75, 3.05) is 18.1 Å². The predicted octanol–water partition coefficient (Wildman–Crippen LogP) is 3.62. The number of amides is 1. The highest BCUT2D eigenvalue weighted by Gasteiger charge is 2.42. The molecule has 120 valence electrons. The van der Waals surface area contributed by atoms with Crippen LogP contribution in [0.15, 0.2) is 54.6 Å². The van der Waals surface area contributed by atoms with Gasteiger partial charge in [-0.1, -0.05) is 42.5 Å². The summed E-state index contributed by atoms with van der Waals surface area (Å²) in [6.07, 6.45) is 0.695. The SMILES string of the molecule is Cc1cccc(N2CCC(CCO)(c3ccccc3)OC2=O)c1. The van der Waals surface area contributed by atoms with Crippen molar-refractivity contribution in [1.29, 1.82) is 0 Å². The second-order valence-corrected chi connectivity index (χ2v) is 5.94. The van der Waals surface area contributed by atoms with Gasteiger partial charge in [0.25, 0.3) is 0 Å². The van der Waals surface area contributed by atoms with Crippen molar-refractivity contribution in [3.63, 3.8) is 0 Å². The number of aryl methyl sites for hydroxylation is 1. The molecule has 4 nitrogen and oxygen atoms in total. The van der Waals surface area contributed by atoms with Crippen LogP contribution in [0.25, 0.3) is 0 Å². The van der Waals surface area contributed by atoms with Crippen LogP contribution in [0.1, 0.15) is 24.0 Å². The summed E-state index contributed by atoms with van der Waals surface area (Å²) in [5.74, 6) is 0. The van der Waals surface area contributed by atoms with E-state index in [1.807, 2.05) is 61.5 Å². The lowest BCUT2D eigenvalue weighted by Crippen LogP contribution is -2.48. The molecule has 1 atom stereocenters. The lowest BCUT2D eigenvalue weighted by Gasteiger charge is -2.41. The summed E-state index contributed by atoms with van der Waals surface area (Å²) in [4.78, 5) is 14.3. The van der Waals surface area contributed by atoms with Gasteiger partial charge in [0.05, 0.1) is 0 Å². The van der Waals surface area contributed by atoms with Crippen molar-refractivity contribution in [3.05, 3.63) is 65.7 Å². The summed E-state index contributed by atoms with van der Waals surface area (Å²) in [5, 5.41) is 9.45. The molecule has 1 N–H and O–H groups in total. The van der Waals surface area contributed by atoms with Gasteiger partial charge in [-0.05, 0) is 30.2 Å².